The van der Waals surface area contributed by atoms with Crippen molar-refractivity contribution in [3.05, 3.63) is 24.4 Å². The quantitative estimate of drug-likeness (QED) is 0.506. The second-order valence-corrected chi connectivity index (χ2v) is 5.57. The smallest absolute Gasteiger partial charge is 0.106 e. The Morgan fingerprint density at radius 3 is 2.86 bits per heavy atom. The highest BCUT2D eigenvalue weighted by molar-refractivity contribution is 8.76. The molecule has 0 saturated heterocycles. The normalized spacial score (nSPS) is 10.4. The van der Waals surface area contributed by atoms with Crippen LogP contribution in [0.25, 0.3) is 0 Å². The third kappa shape index (κ3) is 5.55. The summed E-state index contributed by atoms with van der Waals surface area (Å²) in [6.45, 7) is 2.25. The molecule has 1 aromatic rings. The third-order valence-electron chi connectivity index (χ3n) is 1.86. The fourth-order valence-electron chi connectivity index (χ4n) is 1.09. The van der Waals surface area contributed by atoms with Crippen molar-refractivity contribution in [1.82, 2.24) is 4.98 Å². The van der Waals surface area contributed by atoms with Crippen molar-refractivity contribution in [2.24, 2.45) is 0 Å². The van der Waals surface area contributed by atoms with Crippen molar-refractivity contribution in [3.8, 4) is 0 Å². The van der Waals surface area contributed by atoms with Crippen molar-refractivity contribution in [3.63, 3.8) is 0 Å². The van der Waals surface area contributed by atoms with E-state index in [4.69, 9.17) is 0 Å². The molecule has 0 aliphatic heterocycles. The van der Waals surface area contributed by atoms with Crippen LogP contribution in [-0.4, -0.2) is 10.7 Å². The first kappa shape index (κ1) is 11.9. The Hall–Kier alpha value is -0.150. The lowest BCUT2D eigenvalue weighted by Crippen LogP contribution is -1.79. The van der Waals surface area contributed by atoms with Crippen LogP contribution in [0.15, 0.2) is 29.4 Å². The molecule has 1 heterocycles. The lowest BCUT2D eigenvalue weighted by atomic mass is 10.2. The molecule has 0 aromatic carbocycles. The van der Waals surface area contributed by atoms with Crippen LogP contribution in [-0.2, 0) is 0 Å². The molecule has 0 fully saturated rings. The van der Waals surface area contributed by atoms with Crippen LogP contribution in [0.4, 0.5) is 0 Å². The van der Waals surface area contributed by atoms with E-state index in [-0.39, 0.29) is 0 Å². The molecule has 1 rings (SSSR count). The van der Waals surface area contributed by atoms with Gasteiger partial charge in [0.1, 0.15) is 5.03 Å². The zero-order valence-corrected chi connectivity index (χ0v) is 10.2. The van der Waals surface area contributed by atoms with E-state index in [1.54, 1.807) is 10.8 Å². The Morgan fingerprint density at radius 2 is 2.14 bits per heavy atom. The topological polar surface area (TPSA) is 12.9 Å². The maximum absolute atomic E-state index is 4.25. The Bertz CT molecular complexity index is 226. The second kappa shape index (κ2) is 8.18. The molecule has 0 saturated carbocycles. The first-order valence-electron chi connectivity index (χ1n) is 5.14. The van der Waals surface area contributed by atoms with Crippen molar-refractivity contribution in [2.45, 2.75) is 37.6 Å². The number of rotatable bonds is 7. The minimum atomic E-state index is 1.12. The van der Waals surface area contributed by atoms with Crippen molar-refractivity contribution >= 4 is 21.6 Å². The van der Waals surface area contributed by atoms with Crippen LogP contribution in [0.3, 0.4) is 0 Å². The summed E-state index contributed by atoms with van der Waals surface area (Å²) in [6.07, 6.45) is 7.23. The summed E-state index contributed by atoms with van der Waals surface area (Å²) in [7, 11) is 3.69. The highest BCUT2D eigenvalue weighted by Crippen LogP contribution is 2.29. The van der Waals surface area contributed by atoms with Gasteiger partial charge in [-0.1, -0.05) is 43.0 Å². The molecular weight excluding hydrogens is 210 g/mol. The molecule has 0 aliphatic rings. The van der Waals surface area contributed by atoms with Gasteiger partial charge in [-0.05, 0) is 29.3 Å². The van der Waals surface area contributed by atoms with Gasteiger partial charge < -0.3 is 0 Å². The van der Waals surface area contributed by atoms with Gasteiger partial charge in [-0.15, -0.1) is 0 Å². The Kier molecular flexibility index (Phi) is 6.97. The third-order valence-corrected chi connectivity index (χ3v) is 4.21. The van der Waals surface area contributed by atoms with E-state index in [0.717, 1.165) is 5.03 Å². The molecule has 14 heavy (non-hydrogen) atoms. The second-order valence-electron chi connectivity index (χ2n) is 3.13. The van der Waals surface area contributed by atoms with Gasteiger partial charge in [0.25, 0.3) is 0 Å². The first-order valence-corrected chi connectivity index (χ1v) is 7.46. The minimum Gasteiger partial charge on any atom is -0.249 e. The molecule has 0 N–H and O–H groups in total. The van der Waals surface area contributed by atoms with Gasteiger partial charge in [-0.25, -0.2) is 4.98 Å². The molecule has 1 nitrogen and oxygen atoms in total. The van der Waals surface area contributed by atoms with Gasteiger partial charge in [0, 0.05) is 11.9 Å². The van der Waals surface area contributed by atoms with E-state index in [1.165, 1.54) is 31.4 Å². The lowest BCUT2D eigenvalue weighted by molar-refractivity contribution is 0.707. The molecule has 1 aromatic heterocycles. The van der Waals surface area contributed by atoms with Crippen molar-refractivity contribution < 1.29 is 0 Å². The summed E-state index contributed by atoms with van der Waals surface area (Å²) in [5.41, 5.74) is 0. The summed E-state index contributed by atoms with van der Waals surface area (Å²) in [5, 5.41) is 1.12. The molecule has 0 spiro atoms. The summed E-state index contributed by atoms with van der Waals surface area (Å²) in [4.78, 5) is 4.25. The van der Waals surface area contributed by atoms with E-state index >= 15 is 0 Å². The van der Waals surface area contributed by atoms with Crippen molar-refractivity contribution in [1.29, 1.82) is 0 Å². The van der Waals surface area contributed by atoms with E-state index in [1.807, 2.05) is 29.1 Å². The van der Waals surface area contributed by atoms with Crippen LogP contribution in [0, 0.1) is 0 Å². The summed E-state index contributed by atoms with van der Waals surface area (Å²) in [6, 6.07) is 6.05. The lowest BCUT2D eigenvalue weighted by Gasteiger charge is -1.99. The first-order chi connectivity index (χ1) is 6.93. The van der Waals surface area contributed by atoms with Gasteiger partial charge in [-0.3, -0.25) is 0 Å². The van der Waals surface area contributed by atoms with Crippen LogP contribution < -0.4 is 0 Å². The average Bonchev–Trinajstić information content (AvgIpc) is 2.25. The highest BCUT2D eigenvalue weighted by atomic mass is 33.1. The maximum Gasteiger partial charge on any atom is 0.106 e. The van der Waals surface area contributed by atoms with E-state index in [2.05, 4.69) is 18.0 Å². The highest BCUT2D eigenvalue weighted by Gasteiger charge is 1.94. The van der Waals surface area contributed by atoms with E-state index in [0.29, 0.717) is 0 Å². The summed E-state index contributed by atoms with van der Waals surface area (Å²) in [5.74, 6) is 1.24. The van der Waals surface area contributed by atoms with E-state index in [9.17, 15) is 0 Å². The van der Waals surface area contributed by atoms with Crippen molar-refractivity contribution in [2.75, 3.05) is 5.75 Å². The predicted octanol–water partition coefficient (Wildman–Crippen LogP) is 4.40. The van der Waals surface area contributed by atoms with Gasteiger partial charge in [0.05, 0.1) is 0 Å². The number of pyridine rings is 1. The fraction of sp³-hybridized carbons (Fsp3) is 0.545. The zero-order valence-electron chi connectivity index (χ0n) is 8.61. The molecule has 0 unspecified atom stereocenters. The largest absolute Gasteiger partial charge is 0.249 e. The summed E-state index contributed by atoms with van der Waals surface area (Å²) < 4.78 is 0. The Morgan fingerprint density at radius 1 is 1.21 bits per heavy atom. The van der Waals surface area contributed by atoms with Gasteiger partial charge >= 0.3 is 0 Å². The van der Waals surface area contributed by atoms with Gasteiger partial charge in [0.15, 0.2) is 0 Å². The number of unbranched alkanes of at least 4 members (excludes halogenated alkanes) is 3. The summed E-state index contributed by atoms with van der Waals surface area (Å²) >= 11 is 0. The monoisotopic (exact) mass is 227 g/mol. The zero-order chi connectivity index (χ0) is 10.1. The molecule has 0 radical (unpaired) electrons. The number of aromatic nitrogens is 1. The molecule has 3 heteroatoms. The minimum absolute atomic E-state index is 1.12. The van der Waals surface area contributed by atoms with Gasteiger partial charge in [0.2, 0.25) is 0 Å². The predicted molar refractivity (Wildman–Crippen MR) is 66.7 cm³/mol. The number of hydrogen-bond acceptors (Lipinski definition) is 3. The number of hydrogen-bond donors (Lipinski definition) is 0. The molecule has 0 atom stereocenters. The maximum atomic E-state index is 4.25. The van der Waals surface area contributed by atoms with E-state index < -0.39 is 0 Å². The van der Waals surface area contributed by atoms with Crippen LogP contribution in [0.1, 0.15) is 32.6 Å². The molecular formula is C11H17NS2. The molecule has 0 aliphatic carbocycles. The van der Waals surface area contributed by atoms with Gasteiger partial charge in [-0.2, -0.15) is 0 Å². The number of nitrogens with zero attached hydrogens (tertiary/aromatic N) is 1. The van der Waals surface area contributed by atoms with Crippen LogP contribution >= 0.6 is 21.6 Å². The fourth-order valence-corrected chi connectivity index (χ4v) is 3.11. The Balaban J connectivity index is 1.99. The van der Waals surface area contributed by atoms with Crippen LogP contribution in [0.2, 0.25) is 0 Å². The standard InChI is InChI=1S/C11H17NS2/c1-2-3-4-7-10-13-14-11-8-5-6-9-12-11/h5-6,8-9H,2-4,7,10H2,1H3. The SMILES string of the molecule is CCCCCCSSc1ccccn1. The molecule has 0 bridgehead atoms. The molecule has 78 valence electrons. The molecule has 0 amide bonds. The Labute approximate surface area is 94.5 Å². The van der Waals surface area contributed by atoms with Crippen LogP contribution in [0.5, 0.6) is 0 Å². The average molecular weight is 227 g/mol.